The fourth-order valence-electron chi connectivity index (χ4n) is 4.46. The van der Waals surface area contributed by atoms with E-state index in [0.717, 1.165) is 63.5 Å². The highest BCUT2D eigenvalue weighted by Crippen LogP contribution is 2.30. The van der Waals surface area contributed by atoms with Gasteiger partial charge in [-0.1, -0.05) is 13.0 Å². The molecule has 5 nitrogen and oxygen atoms in total. The molecule has 1 N–H and O–H groups in total. The van der Waals surface area contributed by atoms with Crippen molar-refractivity contribution in [3.8, 4) is 11.5 Å². The van der Waals surface area contributed by atoms with Crippen LogP contribution in [0.5, 0.6) is 11.5 Å². The first kappa shape index (κ1) is 19.0. The molecule has 1 atom stereocenters. The van der Waals surface area contributed by atoms with Crippen molar-refractivity contribution >= 4 is 5.91 Å². The molecule has 1 aromatic carbocycles. The normalized spacial score (nSPS) is 26.4. The molecule has 5 heteroatoms. The summed E-state index contributed by atoms with van der Waals surface area (Å²) in [4.78, 5) is 16.5. The molecule has 1 amide bonds. The standard InChI is InChI=1S/C21H32N2O3/c1-16-6-5-11-23(14-16)21(24)17-9-12-22(13-10-17)15-18-7-4-8-19(25-2)20(18)26-3/h4,7-8,16-17H,5-6,9-15H2,1-3H3/p+1/t16-/m1/s1. The van der Waals surface area contributed by atoms with Gasteiger partial charge in [0.05, 0.1) is 32.9 Å². The third-order valence-electron chi connectivity index (χ3n) is 5.94. The van der Waals surface area contributed by atoms with E-state index in [-0.39, 0.29) is 5.92 Å². The van der Waals surface area contributed by atoms with E-state index in [2.05, 4.69) is 17.9 Å². The first-order chi connectivity index (χ1) is 12.6. The minimum atomic E-state index is 0.219. The predicted molar refractivity (Wildman–Crippen MR) is 102 cm³/mol. The van der Waals surface area contributed by atoms with Gasteiger partial charge in [0.15, 0.2) is 11.5 Å². The number of ether oxygens (including phenoxy) is 2. The lowest BCUT2D eigenvalue weighted by atomic mass is 9.92. The van der Waals surface area contributed by atoms with Gasteiger partial charge >= 0.3 is 0 Å². The molecular formula is C21H33N2O3+. The van der Waals surface area contributed by atoms with Crippen LogP contribution in [0.1, 0.15) is 38.2 Å². The largest absolute Gasteiger partial charge is 0.493 e. The first-order valence-electron chi connectivity index (χ1n) is 9.94. The van der Waals surface area contributed by atoms with Crippen molar-refractivity contribution in [2.75, 3.05) is 40.4 Å². The number of carbonyl (C=O) groups excluding carboxylic acids is 1. The van der Waals surface area contributed by atoms with Crippen LogP contribution >= 0.6 is 0 Å². The summed E-state index contributed by atoms with van der Waals surface area (Å²) in [6.45, 7) is 7.17. The number of rotatable bonds is 5. The van der Waals surface area contributed by atoms with Crippen LogP contribution in [0.15, 0.2) is 18.2 Å². The molecule has 2 saturated heterocycles. The summed E-state index contributed by atoms with van der Waals surface area (Å²) in [7, 11) is 3.37. The molecule has 2 aliphatic heterocycles. The van der Waals surface area contributed by atoms with Crippen molar-refractivity contribution in [1.82, 2.24) is 4.90 Å². The Balaban J connectivity index is 1.55. The Morgan fingerprint density at radius 1 is 1.19 bits per heavy atom. The summed E-state index contributed by atoms with van der Waals surface area (Å²) in [5.74, 6) is 2.89. The third-order valence-corrected chi connectivity index (χ3v) is 5.94. The molecule has 2 aliphatic rings. The zero-order chi connectivity index (χ0) is 18.5. The zero-order valence-electron chi connectivity index (χ0n) is 16.4. The number of carbonyl (C=O) groups is 1. The number of benzene rings is 1. The molecule has 1 aromatic rings. The second-order valence-electron chi connectivity index (χ2n) is 7.89. The number of nitrogens with one attached hydrogen (secondary N) is 1. The van der Waals surface area contributed by atoms with E-state index < -0.39 is 0 Å². The van der Waals surface area contributed by atoms with Gasteiger partial charge in [-0.3, -0.25) is 4.79 Å². The molecule has 0 spiro atoms. The average Bonchev–Trinajstić information content (AvgIpc) is 2.67. The lowest BCUT2D eigenvalue weighted by Gasteiger charge is -2.36. The number of para-hydroxylation sites is 1. The Labute approximate surface area is 157 Å². The SMILES string of the molecule is COc1cccc(C[NH+]2CCC(C(=O)N3CCC[C@@H](C)C3)CC2)c1OC. The highest BCUT2D eigenvalue weighted by molar-refractivity contribution is 5.79. The van der Waals surface area contributed by atoms with Crippen molar-refractivity contribution < 1.29 is 19.2 Å². The maximum atomic E-state index is 12.8. The van der Waals surface area contributed by atoms with Gasteiger partial charge < -0.3 is 19.3 Å². The van der Waals surface area contributed by atoms with E-state index in [1.807, 2.05) is 12.1 Å². The van der Waals surface area contributed by atoms with Gasteiger partial charge in [-0.25, -0.2) is 0 Å². The van der Waals surface area contributed by atoms with E-state index in [9.17, 15) is 4.79 Å². The molecule has 144 valence electrons. The van der Waals surface area contributed by atoms with Gasteiger partial charge in [0.2, 0.25) is 5.91 Å². The third kappa shape index (κ3) is 4.32. The summed E-state index contributed by atoms with van der Waals surface area (Å²) < 4.78 is 11.0. The Morgan fingerprint density at radius 3 is 2.62 bits per heavy atom. The minimum Gasteiger partial charge on any atom is -0.493 e. The molecule has 2 fully saturated rings. The van der Waals surface area contributed by atoms with Gasteiger partial charge in [-0.2, -0.15) is 0 Å². The summed E-state index contributed by atoms with van der Waals surface area (Å²) >= 11 is 0. The second-order valence-corrected chi connectivity index (χ2v) is 7.89. The van der Waals surface area contributed by atoms with Crippen LogP contribution in [0.4, 0.5) is 0 Å². The van der Waals surface area contributed by atoms with E-state index in [1.54, 1.807) is 14.2 Å². The molecule has 0 unspecified atom stereocenters. The molecule has 26 heavy (non-hydrogen) atoms. The van der Waals surface area contributed by atoms with Crippen LogP contribution in [0.2, 0.25) is 0 Å². The van der Waals surface area contributed by atoms with Crippen molar-refractivity contribution in [1.29, 1.82) is 0 Å². The Hall–Kier alpha value is -1.75. The Kier molecular flexibility index (Phi) is 6.41. The van der Waals surface area contributed by atoms with Crippen molar-refractivity contribution in [3.05, 3.63) is 23.8 Å². The molecule has 0 saturated carbocycles. The number of amides is 1. The van der Waals surface area contributed by atoms with Crippen LogP contribution in [0.25, 0.3) is 0 Å². The fourth-order valence-corrected chi connectivity index (χ4v) is 4.46. The first-order valence-corrected chi connectivity index (χ1v) is 9.94. The Morgan fingerprint density at radius 2 is 1.96 bits per heavy atom. The maximum Gasteiger partial charge on any atom is 0.226 e. The number of hydrogen-bond donors (Lipinski definition) is 1. The van der Waals surface area contributed by atoms with Gasteiger partial charge in [-0.05, 0) is 30.9 Å². The van der Waals surface area contributed by atoms with Crippen molar-refractivity contribution in [2.24, 2.45) is 11.8 Å². The lowest BCUT2D eigenvalue weighted by Crippen LogP contribution is -3.11. The lowest BCUT2D eigenvalue weighted by molar-refractivity contribution is -0.919. The van der Waals surface area contributed by atoms with Crippen LogP contribution in [0.3, 0.4) is 0 Å². The smallest absolute Gasteiger partial charge is 0.226 e. The molecule has 0 radical (unpaired) electrons. The number of likely N-dealkylation sites (tertiary alicyclic amines) is 2. The maximum absolute atomic E-state index is 12.8. The second kappa shape index (κ2) is 8.76. The molecular weight excluding hydrogens is 328 g/mol. The number of quaternary nitrogens is 1. The fraction of sp³-hybridized carbons (Fsp3) is 0.667. The number of methoxy groups -OCH3 is 2. The molecule has 2 heterocycles. The van der Waals surface area contributed by atoms with E-state index in [0.29, 0.717) is 11.8 Å². The van der Waals surface area contributed by atoms with Crippen LogP contribution < -0.4 is 14.4 Å². The van der Waals surface area contributed by atoms with Crippen molar-refractivity contribution in [2.45, 2.75) is 39.2 Å². The van der Waals surface area contributed by atoms with E-state index >= 15 is 0 Å². The highest BCUT2D eigenvalue weighted by atomic mass is 16.5. The van der Waals surface area contributed by atoms with Gasteiger partial charge in [-0.15, -0.1) is 0 Å². The van der Waals surface area contributed by atoms with E-state index in [4.69, 9.17) is 9.47 Å². The molecule has 0 bridgehead atoms. The van der Waals surface area contributed by atoms with Gasteiger partial charge in [0.1, 0.15) is 6.54 Å². The van der Waals surface area contributed by atoms with Gasteiger partial charge in [0, 0.05) is 31.8 Å². The van der Waals surface area contributed by atoms with E-state index in [1.165, 1.54) is 16.9 Å². The van der Waals surface area contributed by atoms with Crippen LogP contribution in [-0.4, -0.2) is 51.2 Å². The predicted octanol–water partition coefficient (Wildman–Crippen LogP) is 1.76. The number of piperidine rings is 2. The topological polar surface area (TPSA) is 43.2 Å². The summed E-state index contributed by atoms with van der Waals surface area (Å²) in [5.41, 5.74) is 1.18. The molecule has 0 aromatic heterocycles. The van der Waals surface area contributed by atoms with Gasteiger partial charge in [0.25, 0.3) is 0 Å². The number of hydrogen-bond acceptors (Lipinski definition) is 3. The Bertz CT molecular complexity index is 611. The summed E-state index contributed by atoms with van der Waals surface area (Å²) in [5, 5.41) is 0. The minimum absolute atomic E-state index is 0.219. The monoisotopic (exact) mass is 361 g/mol. The highest BCUT2D eigenvalue weighted by Gasteiger charge is 2.32. The quantitative estimate of drug-likeness (QED) is 0.869. The summed E-state index contributed by atoms with van der Waals surface area (Å²) in [6, 6.07) is 6.06. The summed E-state index contributed by atoms with van der Waals surface area (Å²) in [6.07, 6.45) is 4.40. The van der Waals surface area contributed by atoms with Crippen molar-refractivity contribution in [3.63, 3.8) is 0 Å². The molecule has 3 rings (SSSR count). The molecule has 0 aliphatic carbocycles. The van der Waals surface area contributed by atoms with Crippen LogP contribution in [0, 0.1) is 11.8 Å². The zero-order valence-corrected chi connectivity index (χ0v) is 16.4. The van der Waals surface area contributed by atoms with Crippen LogP contribution in [-0.2, 0) is 11.3 Å². The number of nitrogens with zero attached hydrogens (tertiary/aromatic N) is 1. The average molecular weight is 362 g/mol.